The molecule has 0 atom stereocenters. The lowest BCUT2D eigenvalue weighted by atomic mass is 10.1. The van der Waals surface area contributed by atoms with Crippen molar-refractivity contribution in [2.75, 3.05) is 5.32 Å². The molecule has 3 aromatic heterocycles. The number of nitrogens with one attached hydrogen (secondary N) is 1. The van der Waals surface area contributed by atoms with Gasteiger partial charge in [0.15, 0.2) is 11.5 Å². The molecule has 0 aliphatic rings. The van der Waals surface area contributed by atoms with E-state index in [1.165, 1.54) is 0 Å². The number of pyridine rings is 1. The molecule has 23 heavy (non-hydrogen) atoms. The second kappa shape index (κ2) is 5.84. The number of fused-ring (bicyclic) bond motifs is 1. The van der Waals surface area contributed by atoms with Crippen molar-refractivity contribution >= 4 is 11.3 Å². The van der Waals surface area contributed by atoms with Crippen molar-refractivity contribution in [3.8, 4) is 11.3 Å². The van der Waals surface area contributed by atoms with Gasteiger partial charge in [0.05, 0.1) is 12.2 Å². The molecule has 0 aliphatic heterocycles. The molecule has 112 valence electrons. The molecule has 0 bridgehead atoms. The minimum absolute atomic E-state index is 0.538. The standard InChI is InChI=1S/C17H14N6/c1-2-4-13(5-3-1)15-6-7-16-20-21-17(23(16)22-15)12-19-14-8-10-18-11-9-14/h1-11H,12H2,(H,18,19). The van der Waals surface area contributed by atoms with Crippen LogP contribution in [0.4, 0.5) is 5.69 Å². The van der Waals surface area contributed by atoms with Gasteiger partial charge in [-0.25, -0.2) is 0 Å². The highest BCUT2D eigenvalue weighted by Crippen LogP contribution is 2.17. The highest BCUT2D eigenvalue weighted by atomic mass is 15.4. The Bertz CT molecular complexity index is 918. The number of nitrogens with zero attached hydrogens (tertiary/aromatic N) is 5. The predicted molar refractivity (Wildman–Crippen MR) is 87.8 cm³/mol. The quantitative estimate of drug-likeness (QED) is 0.628. The zero-order valence-corrected chi connectivity index (χ0v) is 12.3. The monoisotopic (exact) mass is 302 g/mol. The first-order valence-electron chi connectivity index (χ1n) is 7.31. The van der Waals surface area contributed by atoms with Crippen LogP contribution in [-0.4, -0.2) is 24.8 Å². The van der Waals surface area contributed by atoms with Gasteiger partial charge in [-0.1, -0.05) is 30.3 Å². The van der Waals surface area contributed by atoms with Gasteiger partial charge in [-0.15, -0.1) is 10.2 Å². The molecule has 4 rings (SSSR count). The number of aromatic nitrogens is 5. The summed E-state index contributed by atoms with van der Waals surface area (Å²) in [5, 5.41) is 16.3. The largest absolute Gasteiger partial charge is 0.378 e. The molecule has 0 amide bonds. The molecule has 0 spiro atoms. The Hall–Kier alpha value is -3.28. The molecular weight excluding hydrogens is 288 g/mol. The third kappa shape index (κ3) is 2.74. The van der Waals surface area contributed by atoms with Gasteiger partial charge >= 0.3 is 0 Å². The SMILES string of the molecule is c1ccc(-c2ccc3nnc(CNc4ccncc4)n3n2)cc1. The summed E-state index contributed by atoms with van der Waals surface area (Å²) in [6.07, 6.45) is 3.49. The Morgan fingerprint density at radius 1 is 0.870 bits per heavy atom. The summed E-state index contributed by atoms with van der Waals surface area (Å²) in [6.45, 7) is 0.538. The van der Waals surface area contributed by atoms with Crippen LogP contribution in [0.1, 0.15) is 5.82 Å². The van der Waals surface area contributed by atoms with Gasteiger partial charge in [0.1, 0.15) is 0 Å². The van der Waals surface area contributed by atoms with E-state index in [-0.39, 0.29) is 0 Å². The fourth-order valence-corrected chi connectivity index (χ4v) is 2.36. The van der Waals surface area contributed by atoms with Crippen LogP contribution >= 0.6 is 0 Å². The van der Waals surface area contributed by atoms with E-state index >= 15 is 0 Å². The van der Waals surface area contributed by atoms with E-state index in [1.807, 2.05) is 54.6 Å². The van der Waals surface area contributed by atoms with Crippen molar-refractivity contribution in [3.05, 3.63) is 72.8 Å². The van der Waals surface area contributed by atoms with E-state index in [4.69, 9.17) is 0 Å². The fraction of sp³-hybridized carbons (Fsp3) is 0.0588. The van der Waals surface area contributed by atoms with Crippen molar-refractivity contribution in [3.63, 3.8) is 0 Å². The van der Waals surface area contributed by atoms with Crippen molar-refractivity contribution in [2.45, 2.75) is 6.54 Å². The van der Waals surface area contributed by atoms with Gasteiger partial charge < -0.3 is 5.32 Å². The van der Waals surface area contributed by atoms with Crippen molar-refractivity contribution in [2.24, 2.45) is 0 Å². The number of anilines is 1. The van der Waals surface area contributed by atoms with Crippen LogP contribution in [0.5, 0.6) is 0 Å². The van der Waals surface area contributed by atoms with Crippen LogP contribution < -0.4 is 5.32 Å². The lowest BCUT2D eigenvalue weighted by molar-refractivity contribution is 0.832. The van der Waals surface area contributed by atoms with E-state index in [9.17, 15) is 0 Å². The average molecular weight is 302 g/mol. The summed E-state index contributed by atoms with van der Waals surface area (Å²) in [7, 11) is 0. The predicted octanol–water partition coefficient (Wildman–Crippen LogP) is 2.80. The first-order valence-corrected chi connectivity index (χ1v) is 7.31. The van der Waals surface area contributed by atoms with E-state index < -0.39 is 0 Å². The summed E-state index contributed by atoms with van der Waals surface area (Å²) in [5.74, 6) is 0.759. The molecule has 0 fully saturated rings. The third-order valence-electron chi connectivity index (χ3n) is 3.53. The summed E-state index contributed by atoms with van der Waals surface area (Å²) < 4.78 is 1.77. The molecule has 1 N–H and O–H groups in total. The summed E-state index contributed by atoms with van der Waals surface area (Å²) >= 11 is 0. The highest BCUT2D eigenvalue weighted by molar-refractivity contribution is 5.59. The minimum atomic E-state index is 0.538. The molecule has 0 unspecified atom stereocenters. The van der Waals surface area contributed by atoms with Gasteiger partial charge in [-0.2, -0.15) is 9.61 Å². The van der Waals surface area contributed by atoms with Gasteiger partial charge in [-0.05, 0) is 24.3 Å². The van der Waals surface area contributed by atoms with E-state index in [0.29, 0.717) is 6.54 Å². The van der Waals surface area contributed by atoms with Crippen LogP contribution in [0.2, 0.25) is 0 Å². The molecule has 4 aromatic rings. The maximum atomic E-state index is 4.66. The second-order valence-corrected chi connectivity index (χ2v) is 5.06. The Morgan fingerprint density at radius 3 is 2.52 bits per heavy atom. The first kappa shape index (κ1) is 13.4. The molecule has 0 saturated carbocycles. The summed E-state index contributed by atoms with van der Waals surface area (Å²) in [6, 6.07) is 17.8. The molecule has 6 heteroatoms. The van der Waals surface area contributed by atoms with Crippen LogP contribution in [0.3, 0.4) is 0 Å². The summed E-state index contributed by atoms with van der Waals surface area (Å²) in [5.41, 5.74) is 3.67. The Balaban J connectivity index is 1.65. The molecule has 0 radical (unpaired) electrons. The summed E-state index contributed by atoms with van der Waals surface area (Å²) in [4.78, 5) is 4.00. The molecule has 0 saturated heterocycles. The second-order valence-electron chi connectivity index (χ2n) is 5.06. The van der Waals surface area contributed by atoms with Crippen molar-refractivity contribution in [1.82, 2.24) is 24.8 Å². The van der Waals surface area contributed by atoms with E-state index in [2.05, 4.69) is 25.6 Å². The molecule has 3 heterocycles. The highest BCUT2D eigenvalue weighted by Gasteiger charge is 2.08. The maximum Gasteiger partial charge on any atom is 0.178 e. The number of rotatable bonds is 4. The molecule has 6 nitrogen and oxygen atoms in total. The lowest BCUT2D eigenvalue weighted by Crippen LogP contribution is -2.06. The minimum Gasteiger partial charge on any atom is -0.378 e. The van der Waals surface area contributed by atoms with Crippen LogP contribution in [0.15, 0.2) is 67.0 Å². The Kier molecular flexibility index (Phi) is 3.40. The fourth-order valence-electron chi connectivity index (χ4n) is 2.36. The van der Waals surface area contributed by atoms with E-state index in [1.54, 1.807) is 16.9 Å². The molecular formula is C17H14N6. The number of benzene rings is 1. The van der Waals surface area contributed by atoms with Gasteiger partial charge in [0.2, 0.25) is 0 Å². The number of hydrogen-bond acceptors (Lipinski definition) is 5. The lowest BCUT2D eigenvalue weighted by Gasteiger charge is -2.05. The third-order valence-corrected chi connectivity index (χ3v) is 3.53. The van der Waals surface area contributed by atoms with Gasteiger partial charge in [0, 0.05) is 23.6 Å². The van der Waals surface area contributed by atoms with Gasteiger partial charge in [0.25, 0.3) is 0 Å². The van der Waals surface area contributed by atoms with Gasteiger partial charge in [-0.3, -0.25) is 4.98 Å². The van der Waals surface area contributed by atoms with Crippen LogP contribution in [0.25, 0.3) is 16.9 Å². The number of hydrogen-bond donors (Lipinski definition) is 1. The molecule has 1 aromatic carbocycles. The maximum absolute atomic E-state index is 4.66. The smallest absolute Gasteiger partial charge is 0.178 e. The first-order chi connectivity index (χ1) is 11.4. The van der Waals surface area contributed by atoms with Crippen molar-refractivity contribution in [1.29, 1.82) is 0 Å². The van der Waals surface area contributed by atoms with Crippen molar-refractivity contribution < 1.29 is 0 Å². The Labute approximate surface area is 132 Å². The zero-order chi connectivity index (χ0) is 15.5. The van der Waals surface area contributed by atoms with E-state index in [0.717, 1.165) is 28.4 Å². The average Bonchev–Trinajstić information content (AvgIpc) is 3.04. The molecule has 0 aliphatic carbocycles. The normalized spacial score (nSPS) is 10.8. The zero-order valence-electron chi connectivity index (χ0n) is 12.3. The Morgan fingerprint density at radius 2 is 1.70 bits per heavy atom. The van der Waals surface area contributed by atoms with Crippen LogP contribution in [-0.2, 0) is 6.54 Å². The van der Waals surface area contributed by atoms with Crippen LogP contribution in [0, 0.1) is 0 Å². The topological polar surface area (TPSA) is 68.0 Å².